The van der Waals surface area contributed by atoms with Crippen LogP contribution >= 0.6 is 27.7 Å². The molecule has 0 spiro atoms. The Bertz CT molecular complexity index is 503. The molecule has 0 fully saturated rings. The fourth-order valence-electron chi connectivity index (χ4n) is 1.45. The van der Waals surface area contributed by atoms with E-state index >= 15 is 0 Å². The maximum absolute atomic E-state index is 12.1. The van der Waals surface area contributed by atoms with Gasteiger partial charge < -0.3 is 0 Å². The summed E-state index contributed by atoms with van der Waals surface area (Å²) in [5.41, 5.74) is 0.911. The van der Waals surface area contributed by atoms with Gasteiger partial charge in [0.1, 0.15) is 0 Å². The summed E-state index contributed by atoms with van der Waals surface area (Å²) < 4.78 is 27.9. The van der Waals surface area contributed by atoms with E-state index in [1.807, 2.05) is 13.8 Å². The summed E-state index contributed by atoms with van der Waals surface area (Å²) in [5, 5.41) is 0. The second kappa shape index (κ2) is 6.93. The van der Waals surface area contributed by atoms with Crippen LogP contribution in [0.5, 0.6) is 0 Å². The van der Waals surface area contributed by atoms with Crippen molar-refractivity contribution in [2.45, 2.75) is 31.7 Å². The molecule has 0 bridgehead atoms. The van der Waals surface area contributed by atoms with E-state index < -0.39 is 10.0 Å². The molecule has 1 atom stereocenters. The highest BCUT2D eigenvalue weighted by molar-refractivity contribution is 9.10. The monoisotopic (exact) mass is 351 g/mol. The quantitative estimate of drug-likeness (QED) is 0.855. The molecule has 1 aromatic carbocycles. The number of aryl methyl sites for hydroxylation is 1. The molecule has 1 aromatic rings. The number of benzene rings is 1. The summed E-state index contributed by atoms with van der Waals surface area (Å²) in [5.74, 6) is 1.77. The standard InChI is InChI=1S/C12H18BrNO2S2/c1-4-17-8-10(3)14-18(15,16)11-5-6-12(13)9(2)7-11/h5-7,10,14H,4,8H2,1-3H3. The van der Waals surface area contributed by atoms with Gasteiger partial charge in [-0.3, -0.25) is 0 Å². The van der Waals surface area contributed by atoms with Crippen LogP contribution in [0.1, 0.15) is 19.4 Å². The highest BCUT2D eigenvalue weighted by Gasteiger charge is 2.17. The first-order valence-electron chi connectivity index (χ1n) is 5.73. The molecule has 0 radical (unpaired) electrons. The molecule has 0 saturated heterocycles. The Morgan fingerprint density at radius 2 is 2.11 bits per heavy atom. The van der Waals surface area contributed by atoms with Gasteiger partial charge in [-0.15, -0.1) is 0 Å². The van der Waals surface area contributed by atoms with Crippen molar-refractivity contribution in [2.75, 3.05) is 11.5 Å². The van der Waals surface area contributed by atoms with Crippen molar-refractivity contribution in [1.82, 2.24) is 4.72 Å². The van der Waals surface area contributed by atoms with Crippen molar-refractivity contribution in [2.24, 2.45) is 0 Å². The molecule has 0 heterocycles. The molecular formula is C12H18BrNO2S2. The van der Waals surface area contributed by atoms with Gasteiger partial charge in [-0.2, -0.15) is 11.8 Å². The SMILES string of the molecule is CCSCC(C)NS(=O)(=O)c1ccc(Br)c(C)c1. The summed E-state index contributed by atoms with van der Waals surface area (Å²) in [4.78, 5) is 0.316. The second-order valence-corrected chi connectivity index (χ2v) is 7.98. The molecule has 1 rings (SSSR count). The minimum absolute atomic E-state index is 0.0658. The van der Waals surface area contributed by atoms with E-state index in [0.717, 1.165) is 21.5 Å². The lowest BCUT2D eigenvalue weighted by atomic mass is 10.2. The van der Waals surface area contributed by atoms with Crippen LogP contribution in [0.15, 0.2) is 27.6 Å². The third-order valence-electron chi connectivity index (χ3n) is 2.37. The van der Waals surface area contributed by atoms with Crippen molar-refractivity contribution in [3.05, 3.63) is 28.2 Å². The Kier molecular flexibility index (Phi) is 6.17. The van der Waals surface area contributed by atoms with Crippen molar-refractivity contribution in [1.29, 1.82) is 0 Å². The first-order valence-corrected chi connectivity index (χ1v) is 9.16. The fourth-order valence-corrected chi connectivity index (χ4v) is 3.80. The van der Waals surface area contributed by atoms with Crippen LogP contribution in [0.4, 0.5) is 0 Å². The van der Waals surface area contributed by atoms with Gasteiger partial charge >= 0.3 is 0 Å². The third-order valence-corrected chi connectivity index (χ3v) is 5.99. The van der Waals surface area contributed by atoms with Crippen LogP contribution in [0.2, 0.25) is 0 Å². The molecule has 1 unspecified atom stereocenters. The molecule has 0 amide bonds. The predicted molar refractivity (Wildman–Crippen MR) is 81.7 cm³/mol. The summed E-state index contributed by atoms with van der Waals surface area (Å²) >= 11 is 5.09. The number of hydrogen-bond acceptors (Lipinski definition) is 3. The van der Waals surface area contributed by atoms with E-state index in [0.29, 0.717) is 4.90 Å². The number of hydrogen-bond donors (Lipinski definition) is 1. The molecule has 0 aromatic heterocycles. The fraction of sp³-hybridized carbons (Fsp3) is 0.500. The van der Waals surface area contributed by atoms with Gasteiger partial charge in [-0.1, -0.05) is 22.9 Å². The van der Waals surface area contributed by atoms with Crippen molar-refractivity contribution in [3.8, 4) is 0 Å². The van der Waals surface area contributed by atoms with Gasteiger partial charge in [0.25, 0.3) is 0 Å². The first-order chi connectivity index (χ1) is 8.36. The molecule has 0 aliphatic carbocycles. The summed E-state index contributed by atoms with van der Waals surface area (Å²) in [6.45, 7) is 5.81. The van der Waals surface area contributed by atoms with Crippen molar-refractivity contribution < 1.29 is 8.42 Å². The first kappa shape index (κ1) is 16.0. The maximum Gasteiger partial charge on any atom is 0.240 e. The molecule has 6 heteroatoms. The van der Waals surface area contributed by atoms with Crippen molar-refractivity contribution >= 4 is 37.7 Å². The number of nitrogens with one attached hydrogen (secondary N) is 1. The topological polar surface area (TPSA) is 46.2 Å². The van der Waals surface area contributed by atoms with E-state index in [-0.39, 0.29) is 6.04 Å². The predicted octanol–water partition coefficient (Wildman–Crippen LogP) is 3.18. The van der Waals surface area contributed by atoms with Gasteiger partial charge in [0, 0.05) is 16.3 Å². The average molecular weight is 352 g/mol. The Balaban J connectivity index is 2.83. The minimum Gasteiger partial charge on any atom is -0.208 e. The smallest absolute Gasteiger partial charge is 0.208 e. The number of halogens is 1. The average Bonchev–Trinajstić information content (AvgIpc) is 2.29. The normalized spacial score (nSPS) is 13.6. The van der Waals surface area contributed by atoms with Crippen LogP contribution < -0.4 is 4.72 Å². The lowest BCUT2D eigenvalue weighted by Crippen LogP contribution is -2.34. The van der Waals surface area contributed by atoms with Gasteiger partial charge in [-0.25, -0.2) is 13.1 Å². The molecule has 18 heavy (non-hydrogen) atoms. The van der Waals surface area contributed by atoms with E-state index in [4.69, 9.17) is 0 Å². The van der Waals surface area contributed by atoms with Gasteiger partial charge in [0.05, 0.1) is 4.90 Å². The largest absolute Gasteiger partial charge is 0.240 e. The van der Waals surface area contributed by atoms with E-state index in [1.54, 1.807) is 30.0 Å². The zero-order valence-corrected chi connectivity index (χ0v) is 14.0. The molecule has 102 valence electrons. The van der Waals surface area contributed by atoms with Crippen LogP contribution in [0.3, 0.4) is 0 Å². The minimum atomic E-state index is -3.41. The van der Waals surface area contributed by atoms with Crippen LogP contribution in [-0.2, 0) is 10.0 Å². The summed E-state index contributed by atoms with van der Waals surface area (Å²) in [6, 6.07) is 4.98. The second-order valence-electron chi connectivity index (χ2n) is 4.09. The Morgan fingerprint density at radius 1 is 1.44 bits per heavy atom. The van der Waals surface area contributed by atoms with Crippen LogP contribution in [0.25, 0.3) is 0 Å². The van der Waals surface area contributed by atoms with E-state index in [1.165, 1.54) is 0 Å². The zero-order chi connectivity index (χ0) is 13.8. The van der Waals surface area contributed by atoms with Crippen LogP contribution in [-0.4, -0.2) is 26.0 Å². The Hall–Kier alpha value is -0.0400. The lowest BCUT2D eigenvalue weighted by Gasteiger charge is -2.14. The number of rotatable bonds is 6. The zero-order valence-electron chi connectivity index (χ0n) is 10.7. The Morgan fingerprint density at radius 3 is 2.67 bits per heavy atom. The highest BCUT2D eigenvalue weighted by Crippen LogP contribution is 2.20. The maximum atomic E-state index is 12.1. The molecule has 0 aliphatic rings. The highest BCUT2D eigenvalue weighted by atomic mass is 79.9. The third kappa shape index (κ3) is 4.57. The molecular weight excluding hydrogens is 334 g/mol. The van der Waals surface area contributed by atoms with Gasteiger partial charge in [-0.05, 0) is 43.4 Å². The lowest BCUT2D eigenvalue weighted by molar-refractivity contribution is 0.571. The van der Waals surface area contributed by atoms with E-state index in [2.05, 4.69) is 27.6 Å². The number of thioether (sulfide) groups is 1. The molecule has 1 N–H and O–H groups in total. The Labute approximate surface area is 122 Å². The van der Waals surface area contributed by atoms with Crippen molar-refractivity contribution in [3.63, 3.8) is 0 Å². The molecule has 0 aliphatic heterocycles. The van der Waals surface area contributed by atoms with Gasteiger partial charge in [0.2, 0.25) is 10.0 Å². The molecule has 0 saturated carbocycles. The molecule has 3 nitrogen and oxygen atoms in total. The summed E-state index contributed by atoms with van der Waals surface area (Å²) in [6.07, 6.45) is 0. The van der Waals surface area contributed by atoms with Crippen LogP contribution in [0, 0.1) is 6.92 Å². The van der Waals surface area contributed by atoms with E-state index in [9.17, 15) is 8.42 Å². The van der Waals surface area contributed by atoms with Gasteiger partial charge in [0.15, 0.2) is 0 Å². The summed E-state index contributed by atoms with van der Waals surface area (Å²) in [7, 11) is -3.41. The number of sulfonamides is 1.